The highest BCUT2D eigenvalue weighted by molar-refractivity contribution is 6.00. The normalized spacial score (nSPS) is 37.0. The highest BCUT2D eigenvalue weighted by atomic mass is 16.7. The Balaban J connectivity index is 2.21. The van der Waals surface area contributed by atoms with Gasteiger partial charge in [0.2, 0.25) is 0 Å². The van der Waals surface area contributed by atoms with Gasteiger partial charge in [-0.25, -0.2) is 4.99 Å². The third kappa shape index (κ3) is 1.22. The van der Waals surface area contributed by atoms with E-state index in [0.717, 1.165) is 32.1 Å². The molecule has 6 heteroatoms. The number of hydrogen-bond acceptors (Lipinski definition) is 6. The smallest absolute Gasteiger partial charge is 0.293 e. The molecule has 1 aliphatic heterocycles. The lowest BCUT2D eigenvalue weighted by molar-refractivity contribution is -0.262. The maximum atomic E-state index is 10.1. The number of rotatable bonds is 4. The van der Waals surface area contributed by atoms with Crippen molar-refractivity contribution in [2.45, 2.75) is 51.9 Å². The number of ether oxygens (including phenoxy) is 2. The fraction of sp³-hybridized carbons (Fsp3) is 0.812. The first kappa shape index (κ1) is 15.3. The van der Waals surface area contributed by atoms with Crippen molar-refractivity contribution in [3.05, 3.63) is 0 Å². The van der Waals surface area contributed by atoms with Crippen molar-refractivity contribution in [2.24, 2.45) is 27.0 Å². The Morgan fingerprint density at radius 1 is 1.09 bits per heavy atom. The Hall–Kier alpha value is -1.63. The summed E-state index contributed by atoms with van der Waals surface area (Å²) in [6, 6.07) is 4.74. The van der Waals surface area contributed by atoms with E-state index >= 15 is 0 Å². The van der Waals surface area contributed by atoms with Gasteiger partial charge in [-0.15, -0.1) is 0 Å². The monoisotopic (exact) mass is 302 g/mol. The molecule has 2 fully saturated rings. The van der Waals surface area contributed by atoms with E-state index in [1.165, 1.54) is 0 Å². The molecule has 0 aromatic carbocycles. The number of nitrogens with two attached hydrogens (primary N) is 1. The van der Waals surface area contributed by atoms with E-state index in [2.05, 4.69) is 17.1 Å². The molecule has 2 saturated carbocycles. The van der Waals surface area contributed by atoms with Gasteiger partial charge in [0.15, 0.2) is 5.41 Å². The lowest BCUT2D eigenvalue weighted by atomic mass is 9.76. The molecule has 3 rings (SSSR count). The van der Waals surface area contributed by atoms with Crippen molar-refractivity contribution >= 4 is 5.84 Å². The van der Waals surface area contributed by atoms with Crippen LogP contribution in [0, 0.1) is 38.9 Å². The summed E-state index contributed by atoms with van der Waals surface area (Å²) in [4.78, 5) is 4.37. The van der Waals surface area contributed by atoms with Crippen molar-refractivity contribution in [2.75, 3.05) is 13.2 Å². The van der Waals surface area contributed by atoms with Crippen molar-refractivity contribution in [1.82, 2.24) is 0 Å². The second-order valence-corrected chi connectivity index (χ2v) is 6.31. The average Bonchev–Trinajstić information content (AvgIpc) is 2.94. The molecule has 0 aromatic rings. The Labute approximate surface area is 130 Å². The fourth-order valence-corrected chi connectivity index (χ4v) is 5.12. The second-order valence-electron chi connectivity index (χ2n) is 6.31. The number of amidine groups is 1. The van der Waals surface area contributed by atoms with Gasteiger partial charge in [-0.3, -0.25) is 0 Å². The molecule has 2 aliphatic carbocycles. The highest BCUT2D eigenvalue weighted by Gasteiger charge is 3.00. The van der Waals surface area contributed by atoms with Crippen LogP contribution in [0.4, 0.5) is 0 Å². The summed E-state index contributed by atoms with van der Waals surface area (Å²) >= 11 is 0. The number of aliphatic imine (C=N–C) groups is 1. The molecule has 0 aromatic heterocycles. The average molecular weight is 302 g/mol. The molecule has 2 atom stereocenters. The van der Waals surface area contributed by atoms with Gasteiger partial charge in [0, 0.05) is 18.6 Å². The number of nitrogens with zero attached hydrogens (tertiary/aromatic N) is 3. The van der Waals surface area contributed by atoms with Crippen molar-refractivity contribution in [1.29, 1.82) is 10.5 Å². The highest BCUT2D eigenvalue weighted by Crippen LogP contribution is 2.88. The van der Waals surface area contributed by atoms with Gasteiger partial charge in [0.05, 0.1) is 12.1 Å². The zero-order valence-corrected chi connectivity index (χ0v) is 13.2. The summed E-state index contributed by atoms with van der Waals surface area (Å²) in [6.45, 7) is 4.36. The molecule has 0 amide bonds. The Kier molecular flexibility index (Phi) is 3.25. The zero-order chi connectivity index (χ0) is 16.1. The maximum absolute atomic E-state index is 10.1. The van der Waals surface area contributed by atoms with Gasteiger partial charge in [-0.2, -0.15) is 10.5 Å². The van der Waals surface area contributed by atoms with Crippen molar-refractivity contribution in [3.8, 4) is 12.1 Å². The molecular weight excluding hydrogens is 280 g/mol. The van der Waals surface area contributed by atoms with E-state index in [1.54, 1.807) is 0 Å². The molecule has 1 heterocycles. The molecule has 6 nitrogen and oxygen atoms in total. The van der Waals surface area contributed by atoms with E-state index in [4.69, 9.17) is 15.2 Å². The molecular formula is C16H22N4O2. The van der Waals surface area contributed by atoms with E-state index in [0.29, 0.717) is 13.2 Å². The Morgan fingerprint density at radius 3 is 2.14 bits per heavy atom. The summed E-state index contributed by atoms with van der Waals surface area (Å²) in [6.07, 6.45) is 4.71. The van der Waals surface area contributed by atoms with Crippen LogP contribution >= 0.6 is 0 Å². The van der Waals surface area contributed by atoms with Crippen LogP contribution < -0.4 is 5.73 Å². The van der Waals surface area contributed by atoms with Crippen LogP contribution in [0.3, 0.4) is 0 Å². The minimum Gasteiger partial charge on any atom is -0.386 e. The molecule has 0 unspecified atom stereocenters. The Morgan fingerprint density at radius 2 is 1.68 bits per heavy atom. The first-order chi connectivity index (χ1) is 10.6. The van der Waals surface area contributed by atoms with Gasteiger partial charge >= 0.3 is 0 Å². The lowest BCUT2D eigenvalue weighted by Gasteiger charge is -2.36. The van der Waals surface area contributed by atoms with E-state index in [-0.39, 0.29) is 5.84 Å². The minimum absolute atomic E-state index is 0.209. The van der Waals surface area contributed by atoms with E-state index in [9.17, 15) is 10.5 Å². The third-order valence-electron chi connectivity index (χ3n) is 5.78. The first-order valence-corrected chi connectivity index (χ1v) is 8.04. The second kappa shape index (κ2) is 4.68. The molecule has 22 heavy (non-hydrogen) atoms. The molecule has 0 bridgehead atoms. The molecule has 118 valence electrons. The molecule has 2 N–H and O–H groups in total. The molecule has 1 spiro atoms. The van der Waals surface area contributed by atoms with Crippen molar-refractivity contribution < 1.29 is 9.47 Å². The molecule has 3 aliphatic rings. The fourth-order valence-electron chi connectivity index (χ4n) is 5.12. The van der Waals surface area contributed by atoms with Crippen molar-refractivity contribution in [3.63, 3.8) is 0 Å². The molecule has 0 radical (unpaired) electrons. The zero-order valence-electron chi connectivity index (χ0n) is 13.2. The van der Waals surface area contributed by atoms with Crippen LogP contribution in [0.15, 0.2) is 4.99 Å². The predicted octanol–water partition coefficient (Wildman–Crippen LogP) is 2.07. The number of fused-ring (bicyclic) bond motifs is 3. The van der Waals surface area contributed by atoms with Gasteiger partial charge < -0.3 is 15.2 Å². The van der Waals surface area contributed by atoms with Crippen LogP contribution in [0.2, 0.25) is 0 Å². The topological polar surface area (TPSA) is 104 Å². The lowest BCUT2D eigenvalue weighted by Crippen LogP contribution is -2.46. The summed E-state index contributed by atoms with van der Waals surface area (Å²) in [5.74, 6) is -1.23. The quantitative estimate of drug-likeness (QED) is 0.800. The number of nitriles is 2. The van der Waals surface area contributed by atoms with E-state index < -0.39 is 22.2 Å². The van der Waals surface area contributed by atoms with Crippen LogP contribution in [0.25, 0.3) is 0 Å². The van der Waals surface area contributed by atoms with Gasteiger partial charge in [-0.05, 0) is 26.7 Å². The predicted molar refractivity (Wildman–Crippen MR) is 79.2 cm³/mol. The summed E-state index contributed by atoms with van der Waals surface area (Å²) in [5, 5.41) is 20.0. The van der Waals surface area contributed by atoms with Crippen LogP contribution in [0.5, 0.6) is 0 Å². The van der Waals surface area contributed by atoms with Gasteiger partial charge in [-0.1, -0.05) is 19.3 Å². The van der Waals surface area contributed by atoms with E-state index in [1.807, 2.05) is 13.8 Å². The summed E-state index contributed by atoms with van der Waals surface area (Å²) in [5.41, 5.74) is 3.50. The number of hydrogen-bond donors (Lipinski definition) is 1. The summed E-state index contributed by atoms with van der Waals surface area (Å²) in [7, 11) is 0. The SMILES string of the molecule is CCOC1(OCC)N=C(N)[C@]2(C#N)C3(CCCCC3)[C@@]12C#N. The van der Waals surface area contributed by atoms with Gasteiger partial charge in [0.1, 0.15) is 11.3 Å². The molecule has 0 saturated heterocycles. The first-order valence-electron chi connectivity index (χ1n) is 8.04. The van der Waals surface area contributed by atoms with Gasteiger partial charge in [0.25, 0.3) is 5.91 Å². The minimum atomic E-state index is -1.44. The van der Waals surface area contributed by atoms with Crippen LogP contribution in [-0.4, -0.2) is 25.0 Å². The standard InChI is InChI=1S/C16H22N4O2/c1-3-21-16(22-4-2)15(11-18)13(8-6-5-7-9-13)14(15,10-17)12(19)20-16/h3-9H2,1-2H3,(H2,19,20)/t14-,15-/m1/s1. The maximum Gasteiger partial charge on any atom is 0.293 e. The third-order valence-corrected chi connectivity index (χ3v) is 5.78. The van der Waals surface area contributed by atoms with Crippen LogP contribution in [-0.2, 0) is 9.47 Å². The largest absolute Gasteiger partial charge is 0.386 e. The van der Waals surface area contributed by atoms with Crippen LogP contribution in [0.1, 0.15) is 46.0 Å². The Bertz CT molecular complexity index is 590. The summed E-state index contributed by atoms with van der Waals surface area (Å²) < 4.78 is 11.7.